The van der Waals surface area contributed by atoms with E-state index in [1.165, 1.54) is 20.8 Å². The van der Waals surface area contributed by atoms with Crippen LogP contribution in [0.1, 0.15) is 41.0 Å². The molecule has 8 nitrogen and oxygen atoms in total. The van der Waals surface area contributed by atoms with Gasteiger partial charge in [0.1, 0.15) is 18.3 Å². The fourth-order valence-electron chi connectivity index (χ4n) is 3.66. The highest BCUT2D eigenvalue weighted by atomic mass is 16.6. The van der Waals surface area contributed by atoms with E-state index in [1.807, 2.05) is 6.08 Å². The lowest BCUT2D eigenvalue weighted by Gasteiger charge is -2.38. The van der Waals surface area contributed by atoms with Crippen LogP contribution < -0.4 is 0 Å². The predicted octanol–water partition coefficient (Wildman–Crippen LogP) is 0.305. The van der Waals surface area contributed by atoms with Crippen molar-refractivity contribution in [3.8, 4) is 0 Å². The molecule has 3 N–H and O–H groups in total. The van der Waals surface area contributed by atoms with Gasteiger partial charge in [0.2, 0.25) is 5.60 Å². The SMILES string of the molecule is C/C=C(/C)C(=O)O[C@@H]1CCN2CC=C(COC(=O)[C@@](O)([C@H](C)O)C(C)(C)O)[C@H]12. The van der Waals surface area contributed by atoms with Gasteiger partial charge in [-0.1, -0.05) is 12.2 Å². The largest absolute Gasteiger partial charge is 0.459 e. The summed E-state index contributed by atoms with van der Waals surface area (Å²) in [6.07, 6.45) is 2.40. The van der Waals surface area contributed by atoms with Gasteiger partial charge in [-0.15, -0.1) is 0 Å². The molecular weight excluding hydrogens is 366 g/mol. The van der Waals surface area contributed by atoms with Gasteiger partial charge in [-0.05, 0) is 46.6 Å². The zero-order valence-electron chi connectivity index (χ0n) is 17.1. The van der Waals surface area contributed by atoms with Crippen LogP contribution in [0.25, 0.3) is 0 Å². The third-order valence-electron chi connectivity index (χ3n) is 5.65. The number of fused-ring (bicyclic) bond motifs is 1. The molecule has 2 heterocycles. The molecule has 2 aliphatic heterocycles. The van der Waals surface area contributed by atoms with Crippen LogP contribution in [0.4, 0.5) is 0 Å². The molecule has 0 aromatic rings. The van der Waals surface area contributed by atoms with Crippen LogP contribution in [0, 0.1) is 0 Å². The average Bonchev–Trinajstić information content (AvgIpc) is 3.20. The Morgan fingerprint density at radius 2 is 2.04 bits per heavy atom. The van der Waals surface area contributed by atoms with Gasteiger partial charge in [-0.3, -0.25) is 4.90 Å². The second kappa shape index (κ2) is 8.32. The number of aliphatic hydroxyl groups excluding tert-OH is 1. The van der Waals surface area contributed by atoms with Crippen LogP contribution in [0.2, 0.25) is 0 Å². The Morgan fingerprint density at radius 1 is 1.39 bits per heavy atom. The van der Waals surface area contributed by atoms with Crippen molar-refractivity contribution in [1.29, 1.82) is 0 Å². The topological polar surface area (TPSA) is 117 Å². The molecule has 1 saturated heterocycles. The van der Waals surface area contributed by atoms with E-state index in [1.54, 1.807) is 19.9 Å². The maximum Gasteiger partial charge on any atom is 0.344 e. The Hall–Kier alpha value is -1.74. The number of carbonyl (C=O) groups is 2. The summed E-state index contributed by atoms with van der Waals surface area (Å²) in [6, 6.07) is -0.191. The maximum atomic E-state index is 12.5. The summed E-state index contributed by atoms with van der Waals surface area (Å²) in [5.74, 6) is -1.48. The van der Waals surface area contributed by atoms with Gasteiger partial charge in [0.25, 0.3) is 0 Å². The van der Waals surface area contributed by atoms with E-state index in [-0.39, 0.29) is 24.7 Å². The van der Waals surface area contributed by atoms with Crippen molar-refractivity contribution in [2.24, 2.45) is 0 Å². The number of aliphatic hydroxyl groups is 3. The molecule has 158 valence electrons. The van der Waals surface area contributed by atoms with E-state index in [9.17, 15) is 24.9 Å². The van der Waals surface area contributed by atoms with Gasteiger partial charge in [-0.2, -0.15) is 0 Å². The van der Waals surface area contributed by atoms with Gasteiger partial charge < -0.3 is 24.8 Å². The molecule has 8 heteroatoms. The molecule has 0 radical (unpaired) electrons. The Balaban J connectivity index is 2.06. The summed E-state index contributed by atoms with van der Waals surface area (Å²) < 4.78 is 10.9. The molecule has 0 bridgehead atoms. The zero-order valence-corrected chi connectivity index (χ0v) is 17.1. The smallest absolute Gasteiger partial charge is 0.344 e. The molecule has 0 amide bonds. The zero-order chi connectivity index (χ0) is 21.3. The Bertz CT molecular complexity index is 677. The molecule has 0 aromatic carbocycles. The third kappa shape index (κ3) is 4.15. The fraction of sp³-hybridized carbons (Fsp3) is 0.700. The number of nitrogens with zero attached hydrogens (tertiary/aromatic N) is 1. The molecule has 2 aliphatic rings. The molecule has 0 aromatic heterocycles. The first-order valence-corrected chi connectivity index (χ1v) is 9.50. The van der Waals surface area contributed by atoms with Crippen molar-refractivity contribution in [2.75, 3.05) is 19.7 Å². The summed E-state index contributed by atoms with van der Waals surface area (Å²) in [4.78, 5) is 26.7. The van der Waals surface area contributed by atoms with E-state index in [4.69, 9.17) is 9.47 Å². The van der Waals surface area contributed by atoms with Crippen LogP contribution >= 0.6 is 0 Å². The summed E-state index contributed by atoms with van der Waals surface area (Å²) in [7, 11) is 0. The van der Waals surface area contributed by atoms with E-state index in [0.29, 0.717) is 18.5 Å². The van der Waals surface area contributed by atoms with E-state index >= 15 is 0 Å². The maximum absolute atomic E-state index is 12.5. The lowest BCUT2D eigenvalue weighted by Crippen LogP contribution is -2.63. The Kier molecular flexibility index (Phi) is 6.70. The number of hydrogen-bond acceptors (Lipinski definition) is 8. The van der Waals surface area contributed by atoms with E-state index < -0.39 is 23.3 Å². The van der Waals surface area contributed by atoms with E-state index in [2.05, 4.69) is 4.90 Å². The Labute approximate surface area is 165 Å². The second-order valence-electron chi connectivity index (χ2n) is 8.00. The molecular formula is C20H31NO7. The molecule has 1 fully saturated rings. The summed E-state index contributed by atoms with van der Waals surface area (Å²) in [5, 5.41) is 30.5. The van der Waals surface area contributed by atoms with Gasteiger partial charge in [0.05, 0.1) is 12.1 Å². The first-order valence-electron chi connectivity index (χ1n) is 9.50. The van der Waals surface area contributed by atoms with Crippen molar-refractivity contribution in [3.63, 3.8) is 0 Å². The second-order valence-corrected chi connectivity index (χ2v) is 8.00. The van der Waals surface area contributed by atoms with Crippen LogP contribution in [0.5, 0.6) is 0 Å². The molecule has 2 rings (SSSR count). The van der Waals surface area contributed by atoms with Crippen molar-refractivity contribution >= 4 is 11.9 Å². The monoisotopic (exact) mass is 397 g/mol. The average molecular weight is 397 g/mol. The van der Waals surface area contributed by atoms with Gasteiger partial charge in [-0.25, -0.2) is 9.59 Å². The first kappa shape index (κ1) is 22.5. The summed E-state index contributed by atoms with van der Waals surface area (Å²) >= 11 is 0. The lowest BCUT2D eigenvalue weighted by molar-refractivity contribution is -0.213. The number of esters is 2. The van der Waals surface area contributed by atoms with Crippen molar-refractivity contribution in [2.45, 2.75) is 70.5 Å². The normalized spacial score (nSPS) is 26.3. The van der Waals surface area contributed by atoms with Crippen LogP contribution in [0.15, 0.2) is 23.3 Å². The molecule has 0 unspecified atom stereocenters. The van der Waals surface area contributed by atoms with Crippen LogP contribution in [-0.2, 0) is 19.1 Å². The summed E-state index contributed by atoms with van der Waals surface area (Å²) in [6.45, 7) is 8.42. The minimum atomic E-state index is -2.46. The molecule has 4 atom stereocenters. The van der Waals surface area contributed by atoms with Crippen LogP contribution in [-0.4, -0.2) is 81.3 Å². The Morgan fingerprint density at radius 3 is 2.57 bits per heavy atom. The number of ether oxygens (including phenoxy) is 2. The highest BCUT2D eigenvalue weighted by Crippen LogP contribution is 2.33. The molecule has 0 aliphatic carbocycles. The molecule has 0 spiro atoms. The standard InChI is InChI=1S/C20H31NO7/c1-6-12(2)17(23)28-15-8-10-21-9-7-14(16(15)21)11-27-18(24)20(26,13(3)22)19(4,5)25/h6-7,13,15-16,22,25-26H,8-11H2,1-5H3/b12-6-/t13-,15+,16+,20-/m0/s1. The minimum Gasteiger partial charge on any atom is -0.459 e. The first-order chi connectivity index (χ1) is 12.9. The quantitative estimate of drug-likeness (QED) is 0.319. The highest BCUT2D eigenvalue weighted by Gasteiger charge is 2.54. The van der Waals surface area contributed by atoms with Gasteiger partial charge in [0, 0.05) is 18.7 Å². The van der Waals surface area contributed by atoms with E-state index in [0.717, 1.165) is 12.1 Å². The van der Waals surface area contributed by atoms with Crippen molar-refractivity contribution < 1.29 is 34.4 Å². The predicted molar refractivity (Wildman–Crippen MR) is 101 cm³/mol. The van der Waals surface area contributed by atoms with Gasteiger partial charge >= 0.3 is 11.9 Å². The van der Waals surface area contributed by atoms with Crippen LogP contribution in [0.3, 0.4) is 0 Å². The highest BCUT2D eigenvalue weighted by molar-refractivity contribution is 5.87. The third-order valence-corrected chi connectivity index (χ3v) is 5.65. The molecule has 0 saturated carbocycles. The number of hydrogen-bond donors (Lipinski definition) is 3. The fourth-order valence-corrected chi connectivity index (χ4v) is 3.66. The lowest BCUT2D eigenvalue weighted by atomic mass is 9.81. The van der Waals surface area contributed by atoms with Gasteiger partial charge in [0.15, 0.2) is 0 Å². The molecule has 28 heavy (non-hydrogen) atoms. The van der Waals surface area contributed by atoms with Crippen molar-refractivity contribution in [1.82, 2.24) is 4.90 Å². The summed E-state index contributed by atoms with van der Waals surface area (Å²) in [5.41, 5.74) is -3.06. The van der Waals surface area contributed by atoms with Crippen molar-refractivity contribution in [3.05, 3.63) is 23.3 Å². The number of carbonyl (C=O) groups excluding carboxylic acids is 2. The minimum absolute atomic E-state index is 0.123. The number of rotatable bonds is 7. The number of allylic oxidation sites excluding steroid dienone is 1.